The number of anilines is 1. The van der Waals surface area contributed by atoms with Gasteiger partial charge in [-0.15, -0.1) is 0 Å². The van der Waals surface area contributed by atoms with Crippen molar-refractivity contribution in [3.05, 3.63) is 65.2 Å². The summed E-state index contributed by atoms with van der Waals surface area (Å²) >= 11 is 0. The molecule has 0 spiro atoms. The number of amides is 1. The highest BCUT2D eigenvalue weighted by atomic mass is 16.2. The third-order valence-electron chi connectivity index (χ3n) is 6.05. The van der Waals surface area contributed by atoms with Gasteiger partial charge in [-0.2, -0.15) is 0 Å². The van der Waals surface area contributed by atoms with E-state index in [9.17, 15) is 4.79 Å². The van der Waals surface area contributed by atoms with Gasteiger partial charge in [-0.25, -0.2) is 0 Å². The first kappa shape index (κ1) is 18.1. The summed E-state index contributed by atoms with van der Waals surface area (Å²) in [5.74, 6) is 0.160. The van der Waals surface area contributed by atoms with Crippen LogP contribution < -0.4 is 4.90 Å². The quantitative estimate of drug-likeness (QED) is 0.839. The fourth-order valence-corrected chi connectivity index (χ4v) is 4.50. The van der Waals surface area contributed by atoms with E-state index in [-0.39, 0.29) is 5.91 Å². The third-order valence-corrected chi connectivity index (χ3v) is 6.05. The van der Waals surface area contributed by atoms with E-state index in [1.54, 1.807) is 0 Å². The zero-order valence-electron chi connectivity index (χ0n) is 16.4. The molecule has 4 nitrogen and oxygen atoms in total. The average molecular weight is 364 g/mol. The Morgan fingerprint density at radius 2 is 1.59 bits per heavy atom. The molecular weight excluding hydrogens is 334 g/mol. The number of nitrogens with zero attached hydrogens (tertiary/aromatic N) is 3. The smallest absolute Gasteiger partial charge is 0.256 e. The van der Waals surface area contributed by atoms with Gasteiger partial charge >= 0.3 is 0 Å². The number of benzene rings is 2. The topological polar surface area (TPSA) is 26.8 Å². The van der Waals surface area contributed by atoms with Crippen LogP contribution in [0.25, 0.3) is 0 Å². The first-order valence-corrected chi connectivity index (χ1v) is 10.00. The summed E-state index contributed by atoms with van der Waals surface area (Å²) in [6.45, 7) is 3.59. The zero-order chi connectivity index (χ0) is 18.8. The molecule has 142 valence electrons. The summed E-state index contributed by atoms with van der Waals surface area (Å²) in [6, 6.07) is 17.4. The van der Waals surface area contributed by atoms with Gasteiger partial charge < -0.3 is 9.80 Å². The first-order valence-electron chi connectivity index (χ1n) is 10.00. The molecular formula is C23H29N3O. The number of para-hydroxylation sites is 1. The van der Waals surface area contributed by atoms with Crippen molar-refractivity contribution in [1.82, 2.24) is 9.80 Å². The van der Waals surface area contributed by atoms with Gasteiger partial charge in [-0.3, -0.25) is 9.69 Å². The average Bonchev–Trinajstić information content (AvgIpc) is 2.73. The minimum Gasteiger partial charge on any atom is -0.377 e. The Bertz CT molecular complexity index is 809. The van der Waals surface area contributed by atoms with Crippen molar-refractivity contribution >= 4 is 11.6 Å². The van der Waals surface area contributed by atoms with E-state index < -0.39 is 0 Å². The molecule has 1 amide bonds. The van der Waals surface area contributed by atoms with Gasteiger partial charge in [0.25, 0.3) is 5.91 Å². The predicted octanol–water partition coefficient (Wildman–Crippen LogP) is 3.07. The standard InChI is InChI=1S/C23H29N3O/c1-24(2)22-10-6-5-9-21(22)23(27)26-15-13-25(14-16-26)20-12-11-18-7-3-4-8-19(18)17-20/h3-10,20H,11-17H2,1-2H3/t20-/m1/s1. The summed E-state index contributed by atoms with van der Waals surface area (Å²) in [5, 5.41) is 0. The molecule has 0 N–H and O–H groups in total. The van der Waals surface area contributed by atoms with E-state index in [0.717, 1.165) is 43.9 Å². The largest absolute Gasteiger partial charge is 0.377 e. The fourth-order valence-electron chi connectivity index (χ4n) is 4.50. The zero-order valence-corrected chi connectivity index (χ0v) is 16.4. The first-order chi connectivity index (χ1) is 13.1. The van der Waals surface area contributed by atoms with Gasteiger partial charge in [0.15, 0.2) is 0 Å². The van der Waals surface area contributed by atoms with E-state index >= 15 is 0 Å². The maximum absolute atomic E-state index is 13.1. The van der Waals surface area contributed by atoms with E-state index in [1.807, 2.05) is 48.2 Å². The third kappa shape index (κ3) is 3.72. The molecule has 0 radical (unpaired) electrons. The van der Waals surface area contributed by atoms with Crippen molar-refractivity contribution < 1.29 is 4.79 Å². The lowest BCUT2D eigenvalue weighted by molar-refractivity contribution is 0.0553. The molecule has 4 rings (SSSR count). The molecule has 4 heteroatoms. The Balaban J connectivity index is 1.39. The summed E-state index contributed by atoms with van der Waals surface area (Å²) in [5.41, 5.74) is 4.83. The Hall–Kier alpha value is -2.33. The Kier molecular flexibility index (Phi) is 5.17. The van der Waals surface area contributed by atoms with Gasteiger partial charge in [0, 0.05) is 52.0 Å². The number of rotatable bonds is 3. The van der Waals surface area contributed by atoms with E-state index in [1.165, 1.54) is 24.0 Å². The normalized spacial score (nSPS) is 20.2. The summed E-state index contributed by atoms with van der Waals surface area (Å²) in [4.78, 5) is 19.7. The lowest BCUT2D eigenvalue weighted by Crippen LogP contribution is -2.53. The molecule has 1 saturated heterocycles. The van der Waals surface area contributed by atoms with E-state index in [4.69, 9.17) is 0 Å². The summed E-state index contributed by atoms with van der Waals surface area (Å²) in [7, 11) is 3.98. The Morgan fingerprint density at radius 1 is 0.926 bits per heavy atom. The number of hydrogen-bond acceptors (Lipinski definition) is 3. The van der Waals surface area contributed by atoms with Crippen molar-refractivity contribution in [2.45, 2.75) is 25.3 Å². The molecule has 0 saturated carbocycles. The molecule has 2 aromatic rings. The number of carbonyl (C=O) groups excluding carboxylic acids is 1. The second-order valence-electron chi connectivity index (χ2n) is 7.91. The highest BCUT2D eigenvalue weighted by molar-refractivity contribution is 5.99. The van der Waals surface area contributed by atoms with Crippen molar-refractivity contribution in [2.75, 3.05) is 45.2 Å². The minimum absolute atomic E-state index is 0.160. The number of hydrogen-bond donors (Lipinski definition) is 0. The highest BCUT2D eigenvalue weighted by Gasteiger charge is 2.29. The van der Waals surface area contributed by atoms with Crippen LogP contribution >= 0.6 is 0 Å². The summed E-state index contributed by atoms with van der Waals surface area (Å²) in [6.07, 6.45) is 3.55. The molecule has 1 aliphatic heterocycles. The van der Waals surface area contributed by atoms with Crippen LogP contribution in [-0.4, -0.2) is 62.0 Å². The van der Waals surface area contributed by atoms with Crippen LogP contribution in [0.4, 0.5) is 5.69 Å². The fraction of sp³-hybridized carbons (Fsp3) is 0.435. The molecule has 27 heavy (non-hydrogen) atoms. The Labute approximate surface area is 162 Å². The number of aryl methyl sites for hydroxylation is 1. The van der Waals surface area contributed by atoms with Gasteiger partial charge in [-0.1, -0.05) is 36.4 Å². The maximum atomic E-state index is 13.1. The van der Waals surface area contributed by atoms with Gasteiger partial charge in [0.05, 0.1) is 5.56 Å². The van der Waals surface area contributed by atoms with Crippen molar-refractivity contribution in [3.8, 4) is 0 Å². The molecule has 2 aromatic carbocycles. The van der Waals surface area contributed by atoms with E-state index in [0.29, 0.717) is 6.04 Å². The molecule has 0 aromatic heterocycles. The SMILES string of the molecule is CN(C)c1ccccc1C(=O)N1CCN([C@@H]2CCc3ccccc3C2)CC1. The van der Waals surface area contributed by atoms with Crippen LogP contribution in [-0.2, 0) is 12.8 Å². The molecule has 1 heterocycles. The monoisotopic (exact) mass is 363 g/mol. The van der Waals surface area contributed by atoms with Crippen molar-refractivity contribution in [3.63, 3.8) is 0 Å². The molecule has 1 atom stereocenters. The van der Waals surface area contributed by atoms with Crippen LogP contribution in [0.1, 0.15) is 27.9 Å². The van der Waals surface area contributed by atoms with Crippen LogP contribution in [0, 0.1) is 0 Å². The number of fused-ring (bicyclic) bond motifs is 1. The molecule has 1 aliphatic carbocycles. The summed E-state index contributed by atoms with van der Waals surface area (Å²) < 4.78 is 0. The molecule has 2 aliphatic rings. The predicted molar refractivity (Wildman–Crippen MR) is 111 cm³/mol. The minimum atomic E-state index is 0.160. The van der Waals surface area contributed by atoms with Crippen molar-refractivity contribution in [2.24, 2.45) is 0 Å². The van der Waals surface area contributed by atoms with Gasteiger partial charge in [-0.05, 0) is 42.5 Å². The molecule has 0 unspecified atom stereocenters. The van der Waals surface area contributed by atoms with Crippen molar-refractivity contribution in [1.29, 1.82) is 0 Å². The second-order valence-corrected chi connectivity index (χ2v) is 7.91. The van der Waals surface area contributed by atoms with Gasteiger partial charge in [0.1, 0.15) is 0 Å². The lowest BCUT2D eigenvalue weighted by Gasteiger charge is -2.41. The maximum Gasteiger partial charge on any atom is 0.256 e. The van der Waals surface area contributed by atoms with Crippen LogP contribution in [0.5, 0.6) is 0 Å². The number of piperazine rings is 1. The second kappa shape index (κ2) is 7.73. The highest BCUT2D eigenvalue weighted by Crippen LogP contribution is 2.26. The lowest BCUT2D eigenvalue weighted by atomic mass is 9.87. The van der Waals surface area contributed by atoms with E-state index in [2.05, 4.69) is 29.2 Å². The molecule has 0 bridgehead atoms. The van der Waals surface area contributed by atoms with Crippen LogP contribution in [0.3, 0.4) is 0 Å². The van der Waals surface area contributed by atoms with Crippen LogP contribution in [0.15, 0.2) is 48.5 Å². The molecule has 1 fully saturated rings. The Morgan fingerprint density at radius 3 is 2.33 bits per heavy atom. The van der Waals surface area contributed by atoms with Gasteiger partial charge in [0.2, 0.25) is 0 Å². The number of carbonyl (C=O) groups is 1. The van der Waals surface area contributed by atoms with Crippen LogP contribution in [0.2, 0.25) is 0 Å².